The zero-order valence-corrected chi connectivity index (χ0v) is 13.7. The van der Waals surface area contributed by atoms with Crippen molar-refractivity contribution in [1.82, 2.24) is 9.88 Å². The van der Waals surface area contributed by atoms with Gasteiger partial charge in [-0.15, -0.1) is 0 Å². The molecule has 138 valence electrons. The number of hydrogen-bond acceptors (Lipinski definition) is 3. The first-order valence-electron chi connectivity index (χ1n) is 8.05. The van der Waals surface area contributed by atoms with Crippen LogP contribution in [0, 0.1) is 5.82 Å². The lowest BCUT2D eigenvalue weighted by atomic mass is 10.0. The van der Waals surface area contributed by atoms with Crippen LogP contribution >= 0.6 is 0 Å². The topological polar surface area (TPSA) is 42.4 Å². The van der Waals surface area contributed by atoms with E-state index in [9.17, 15) is 22.4 Å². The summed E-state index contributed by atoms with van der Waals surface area (Å²) >= 11 is 0. The molecule has 1 aliphatic rings. The summed E-state index contributed by atoms with van der Waals surface area (Å²) in [6.07, 6.45) is -1.67. The predicted octanol–water partition coefficient (Wildman–Crippen LogP) is 4.14. The first-order chi connectivity index (χ1) is 12.3. The number of carbonyl (C=O) groups is 1. The van der Waals surface area contributed by atoms with Gasteiger partial charge in [0.2, 0.25) is 5.88 Å². The van der Waals surface area contributed by atoms with E-state index < -0.39 is 12.8 Å². The van der Waals surface area contributed by atoms with E-state index in [1.807, 2.05) is 0 Å². The van der Waals surface area contributed by atoms with Crippen LogP contribution < -0.4 is 4.74 Å². The molecule has 0 spiro atoms. The van der Waals surface area contributed by atoms with Crippen LogP contribution in [0.1, 0.15) is 34.8 Å². The van der Waals surface area contributed by atoms with Gasteiger partial charge < -0.3 is 9.64 Å². The van der Waals surface area contributed by atoms with E-state index in [4.69, 9.17) is 0 Å². The zero-order chi connectivity index (χ0) is 18.7. The molecule has 1 atom stereocenters. The minimum absolute atomic E-state index is 0.163. The van der Waals surface area contributed by atoms with Crippen LogP contribution in [0.15, 0.2) is 42.6 Å². The van der Waals surface area contributed by atoms with Gasteiger partial charge in [0.25, 0.3) is 5.91 Å². The van der Waals surface area contributed by atoms with Gasteiger partial charge in [-0.25, -0.2) is 9.37 Å². The Balaban J connectivity index is 1.70. The molecule has 0 bridgehead atoms. The van der Waals surface area contributed by atoms with Crippen molar-refractivity contribution in [2.45, 2.75) is 25.1 Å². The number of rotatable bonds is 4. The fourth-order valence-corrected chi connectivity index (χ4v) is 2.96. The van der Waals surface area contributed by atoms with E-state index in [1.54, 1.807) is 17.0 Å². The van der Waals surface area contributed by atoms with Crippen LogP contribution in [-0.2, 0) is 0 Å². The standard InChI is InChI=1S/C18H16F4N2O2/c19-14-6-3-12(4-7-14)15-2-1-9-24(15)17(25)13-5-8-16(23-10-13)26-11-18(20,21)22/h3-8,10,15H,1-2,9,11H2. The Labute approximate surface area is 147 Å². The fraction of sp³-hybridized carbons (Fsp3) is 0.333. The molecule has 4 nitrogen and oxygen atoms in total. The lowest BCUT2D eigenvalue weighted by molar-refractivity contribution is -0.154. The number of likely N-dealkylation sites (tertiary alicyclic amines) is 1. The summed E-state index contributed by atoms with van der Waals surface area (Å²) in [7, 11) is 0. The van der Waals surface area contributed by atoms with Crippen molar-refractivity contribution in [2.24, 2.45) is 0 Å². The molecule has 2 aromatic rings. The third-order valence-electron chi connectivity index (χ3n) is 4.14. The minimum Gasteiger partial charge on any atom is -0.468 e. The highest BCUT2D eigenvalue weighted by molar-refractivity contribution is 5.94. The molecule has 1 unspecified atom stereocenters. The van der Waals surface area contributed by atoms with Gasteiger partial charge >= 0.3 is 6.18 Å². The molecule has 2 heterocycles. The molecule has 0 radical (unpaired) electrons. The van der Waals surface area contributed by atoms with E-state index >= 15 is 0 Å². The van der Waals surface area contributed by atoms with Crippen molar-refractivity contribution >= 4 is 5.91 Å². The Morgan fingerprint density at radius 2 is 1.92 bits per heavy atom. The van der Waals surface area contributed by atoms with Crippen molar-refractivity contribution in [2.75, 3.05) is 13.2 Å². The first kappa shape index (κ1) is 18.2. The van der Waals surface area contributed by atoms with Gasteiger partial charge in [0.05, 0.1) is 11.6 Å². The summed E-state index contributed by atoms with van der Waals surface area (Å²) in [4.78, 5) is 18.1. The van der Waals surface area contributed by atoms with Gasteiger partial charge in [-0.1, -0.05) is 12.1 Å². The monoisotopic (exact) mass is 368 g/mol. The molecule has 1 aromatic heterocycles. The van der Waals surface area contributed by atoms with Crippen LogP contribution in [0.4, 0.5) is 17.6 Å². The Bertz CT molecular complexity index is 760. The average molecular weight is 368 g/mol. The Kier molecular flexibility index (Phi) is 5.11. The highest BCUT2D eigenvalue weighted by Gasteiger charge is 2.31. The largest absolute Gasteiger partial charge is 0.468 e. The van der Waals surface area contributed by atoms with Gasteiger partial charge in [-0.2, -0.15) is 13.2 Å². The molecule has 0 aliphatic carbocycles. The van der Waals surface area contributed by atoms with Crippen molar-refractivity contribution in [3.05, 3.63) is 59.5 Å². The molecular weight excluding hydrogens is 352 g/mol. The van der Waals surface area contributed by atoms with Crippen LogP contribution in [0.5, 0.6) is 5.88 Å². The molecule has 3 rings (SSSR count). The van der Waals surface area contributed by atoms with E-state index in [1.165, 1.54) is 30.5 Å². The maximum atomic E-state index is 13.1. The van der Waals surface area contributed by atoms with Gasteiger partial charge in [0.15, 0.2) is 6.61 Å². The van der Waals surface area contributed by atoms with Crippen LogP contribution in [0.2, 0.25) is 0 Å². The molecule has 1 aliphatic heterocycles. The van der Waals surface area contributed by atoms with Crippen LogP contribution in [0.3, 0.4) is 0 Å². The molecule has 0 saturated carbocycles. The predicted molar refractivity (Wildman–Crippen MR) is 85.2 cm³/mol. The second-order valence-electron chi connectivity index (χ2n) is 6.00. The highest BCUT2D eigenvalue weighted by Crippen LogP contribution is 2.33. The number of amides is 1. The number of ether oxygens (including phenoxy) is 1. The van der Waals surface area contributed by atoms with E-state index in [0.717, 1.165) is 18.4 Å². The number of benzene rings is 1. The SMILES string of the molecule is O=C(c1ccc(OCC(F)(F)F)nc1)N1CCCC1c1ccc(F)cc1. The number of hydrogen-bond donors (Lipinski definition) is 0. The maximum Gasteiger partial charge on any atom is 0.422 e. The van der Waals surface area contributed by atoms with Crippen molar-refractivity contribution in [3.8, 4) is 5.88 Å². The van der Waals surface area contributed by atoms with Gasteiger partial charge in [-0.05, 0) is 36.6 Å². The molecular formula is C18H16F4N2O2. The van der Waals surface area contributed by atoms with Crippen molar-refractivity contribution < 1.29 is 27.1 Å². The Hall–Kier alpha value is -2.64. The minimum atomic E-state index is -4.45. The number of alkyl halides is 3. The van der Waals surface area contributed by atoms with E-state index in [2.05, 4.69) is 9.72 Å². The summed E-state index contributed by atoms with van der Waals surface area (Å²) in [5, 5.41) is 0. The lowest BCUT2D eigenvalue weighted by Gasteiger charge is -2.25. The molecule has 26 heavy (non-hydrogen) atoms. The second kappa shape index (κ2) is 7.31. The maximum absolute atomic E-state index is 13.1. The van der Waals surface area contributed by atoms with Crippen LogP contribution in [-0.4, -0.2) is 35.1 Å². The van der Waals surface area contributed by atoms with E-state index in [-0.39, 0.29) is 29.2 Å². The van der Waals surface area contributed by atoms with Crippen molar-refractivity contribution in [3.63, 3.8) is 0 Å². The Morgan fingerprint density at radius 1 is 1.19 bits per heavy atom. The summed E-state index contributed by atoms with van der Waals surface area (Å²) in [5.41, 5.74) is 1.11. The Morgan fingerprint density at radius 3 is 2.54 bits per heavy atom. The molecule has 1 aromatic carbocycles. The zero-order valence-electron chi connectivity index (χ0n) is 13.7. The quantitative estimate of drug-likeness (QED) is 0.762. The number of aromatic nitrogens is 1. The van der Waals surface area contributed by atoms with Crippen LogP contribution in [0.25, 0.3) is 0 Å². The number of halogens is 4. The number of nitrogens with zero attached hydrogens (tertiary/aromatic N) is 2. The summed E-state index contributed by atoms with van der Waals surface area (Å²) in [5.74, 6) is -0.814. The highest BCUT2D eigenvalue weighted by atomic mass is 19.4. The molecule has 1 fully saturated rings. The summed E-state index contributed by atoms with van der Waals surface area (Å²) in [6, 6.07) is 8.47. The smallest absolute Gasteiger partial charge is 0.422 e. The number of carbonyl (C=O) groups excluding carboxylic acids is 1. The van der Waals surface area contributed by atoms with E-state index in [0.29, 0.717) is 6.54 Å². The normalized spacial score (nSPS) is 17.4. The van der Waals surface area contributed by atoms with Gasteiger partial charge in [0.1, 0.15) is 5.82 Å². The van der Waals surface area contributed by atoms with Crippen molar-refractivity contribution in [1.29, 1.82) is 0 Å². The average Bonchev–Trinajstić information content (AvgIpc) is 3.09. The summed E-state index contributed by atoms with van der Waals surface area (Å²) in [6.45, 7) is -0.890. The molecule has 0 N–H and O–H groups in total. The molecule has 1 amide bonds. The van der Waals surface area contributed by atoms with Gasteiger partial charge in [0, 0.05) is 18.8 Å². The fourth-order valence-electron chi connectivity index (χ4n) is 2.96. The first-order valence-corrected chi connectivity index (χ1v) is 8.05. The third kappa shape index (κ3) is 4.30. The van der Waals surface area contributed by atoms with Gasteiger partial charge in [-0.3, -0.25) is 4.79 Å². The second-order valence-corrected chi connectivity index (χ2v) is 6.00. The summed E-state index contributed by atoms with van der Waals surface area (Å²) < 4.78 is 54.1. The molecule has 1 saturated heterocycles. The number of pyridine rings is 1. The lowest BCUT2D eigenvalue weighted by Crippen LogP contribution is -2.30. The molecule has 8 heteroatoms. The third-order valence-corrected chi connectivity index (χ3v) is 4.14.